The predicted molar refractivity (Wildman–Crippen MR) is 77.7 cm³/mol. The molecule has 0 fully saturated rings. The van der Waals surface area contributed by atoms with Gasteiger partial charge >= 0.3 is 0 Å². The van der Waals surface area contributed by atoms with Crippen molar-refractivity contribution in [1.29, 1.82) is 0 Å². The van der Waals surface area contributed by atoms with E-state index in [4.69, 9.17) is 10.5 Å². The Morgan fingerprint density at radius 1 is 1.25 bits per heavy atom. The maximum atomic E-state index is 14.0. The predicted octanol–water partition coefficient (Wildman–Crippen LogP) is 3.98. The first kappa shape index (κ1) is 14.9. The molecule has 5 heteroatoms. The Hall–Kier alpha value is -1.46. The van der Waals surface area contributed by atoms with Crippen LogP contribution in [0.15, 0.2) is 40.9 Å². The van der Waals surface area contributed by atoms with Crippen LogP contribution < -0.4 is 10.5 Å². The van der Waals surface area contributed by atoms with E-state index in [-0.39, 0.29) is 12.2 Å². The fraction of sp³-hybridized carbons (Fsp3) is 0.200. The van der Waals surface area contributed by atoms with Crippen molar-refractivity contribution in [3.63, 3.8) is 0 Å². The lowest BCUT2D eigenvalue weighted by Crippen LogP contribution is -2.16. The molecule has 2 aromatic rings. The molecule has 0 bridgehead atoms. The molecule has 0 amide bonds. The lowest BCUT2D eigenvalue weighted by molar-refractivity contribution is 0.383. The zero-order valence-electron chi connectivity index (χ0n) is 10.9. The van der Waals surface area contributed by atoms with Gasteiger partial charge in [0.05, 0.1) is 7.11 Å². The molecule has 0 aliphatic carbocycles. The number of methoxy groups -OCH3 is 1. The molecule has 0 heterocycles. The third kappa shape index (κ3) is 3.16. The quantitative estimate of drug-likeness (QED) is 0.912. The molecule has 0 aromatic heterocycles. The monoisotopic (exact) mass is 341 g/mol. The number of rotatable bonds is 4. The minimum absolute atomic E-state index is 0.158. The third-order valence-electron chi connectivity index (χ3n) is 3.06. The van der Waals surface area contributed by atoms with Crippen molar-refractivity contribution in [1.82, 2.24) is 0 Å². The molecule has 106 valence electrons. The summed E-state index contributed by atoms with van der Waals surface area (Å²) in [5, 5.41) is 0. The van der Waals surface area contributed by atoms with E-state index >= 15 is 0 Å². The summed E-state index contributed by atoms with van der Waals surface area (Å²) in [6, 6.07) is 8.87. The molecule has 0 spiro atoms. The van der Waals surface area contributed by atoms with Gasteiger partial charge in [-0.1, -0.05) is 34.1 Å². The van der Waals surface area contributed by atoms with E-state index in [9.17, 15) is 8.78 Å². The Morgan fingerprint density at radius 3 is 2.65 bits per heavy atom. The molecule has 1 unspecified atom stereocenters. The lowest BCUT2D eigenvalue weighted by Gasteiger charge is -2.15. The maximum Gasteiger partial charge on any atom is 0.168 e. The Labute approximate surface area is 124 Å². The first-order chi connectivity index (χ1) is 9.52. The highest BCUT2D eigenvalue weighted by Gasteiger charge is 2.16. The van der Waals surface area contributed by atoms with Gasteiger partial charge in [-0.3, -0.25) is 0 Å². The molecule has 2 rings (SSSR count). The highest BCUT2D eigenvalue weighted by Crippen LogP contribution is 2.26. The number of hydrogen-bond donors (Lipinski definition) is 1. The topological polar surface area (TPSA) is 35.2 Å². The van der Waals surface area contributed by atoms with Gasteiger partial charge in [-0.05, 0) is 30.2 Å². The summed E-state index contributed by atoms with van der Waals surface area (Å²) in [7, 11) is 1.40. The minimum atomic E-state index is -0.621. The van der Waals surface area contributed by atoms with Crippen LogP contribution in [0.5, 0.6) is 5.75 Å². The van der Waals surface area contributed by atoms with Crippen molar-refractivity contribution < 1.29 is 13.5 Å². The number of nitrogens with two attached hydrogens (primary N) is 1. The fourth-order valence-corrected chi connectivity index (χ4v) is 2.35. The Bertz CT molecular complexity index is 619. The van der Waals surface area contributed by atoms with Crippen LogP contribution in [0, 0.1) is 11.6 Å². The van der Waals surface area contributed by atoms with E-state index < -0.39 is 17.7 Å². The zero-order chi connectivity index (χ0) is 14.7. The summed E-state index contributed by atoms with van der Waals surface area (Å²) in [5.74, 6) is -0.705. The molecule has 0 aliphatic rings. The molecule has 0 aliphatic heterocycles. The van der Waals surface area contributed by atoms with Gasteiger partial charge in [0, 0.05) is 16.1 Å². The third-order valence-corrected chi connectivity index (χ3v) is 3.56. The summed E-state index contributed by atoms with van der Waals surface area (Å²) in [5.41, 5.74) is 6.73. The minimum Gasteiger partial charge on any atom is -0.494 e. The van der Waals surface area contributed by atoms with Crippen LogP contribution in [0.1, 0.15) is 17.2 Å². The molecule has 0 radical (unpaired) electrons. The summed E-state index contributed by atoms with van der Waals surface area (Å²) < 4.78 is 33.4. The van der Waals surface area contributed by atoms with Gasteiger partial charge in [0.2, 0.25) is 0 Å². The second kappa shape index (κ2) is 6.33. The summed E-state index contributed by atoms with van der Waals surface area (Å²) in [6.07, 6.45) is 0.196. The highest BCUT2D eigenvalue weighted by atomic mass is 79.9. The van der Waals surface area contributed by atoms with Gasteiger partial charge in [-0.2, -0.15) is 0 Å². The van der Waals surface area contributed by atoms with Crippen LogP contribution in [0.2, 0.25) is 0 Å². The largest absolute Gasteiger partial charge is 0.494 e. The van der Waals surface area contributed by atoms with Crippen molar-refractivity contribution in [2.45, 2.75) is 12.5 Å². The summed E-state index contributed by atoms with van der Waals surface area (Å²) >= 11 is 3.19. The second-order valence-corrected chi connectivity index (χ2v) is 5.33. The van der Waals surface area contributed by atoms with Gasteiger partial charge in [0.1, 0.15) is 5.82 Å². The second-order valence-electron chi connectivity index (χ2n) is 4.41. The molecule has 1 atom stereocenters. The first-order valence-corrected chi connectivity index (χ1v) is 6.84. The van der Waals surface area contributed by atoms with E-state index in [2.05, 4.69) is 15.9 Å². The van der Waals surface area contributed by atoms with E-state index in [1.54, 1.807) is 24.3 Å². The van der Waals surface area contributed by atoms with Crippen LogP contribution >= 0.6 is 15.9 Å². The number of ether oxygens (including phenoxy) is 1. The Kier molecular flexibility index (Phi) is 4.73. The van der Waals surface area contributed by atoms with Crippen molar-refractivity contribution in [3.8, 4) is 5.75 Å². The lowest BCUT2D eigenvalue weighted by atomic mass is 9.99. The summed E-state index contributed by atoms with van der Waals surface area (Å²) in [4.78, 5) is 0. The normalized spacial score (nSPS) is 12.2. The molecule has 0 saturated carbocycles. The van der Waals surface area contributed by atoms with Crippen molar-refractivity contribution in [2.24, 2.45) is 5.73 Å². The first-order valence-electron chi connectivity index (χ1n) is 6.05. The van der Waals surface area contributed by atoms with Crippen molar-refractivity contribution in [3.05, 3.63) is 63.6 Å². The molecule has 2 aromatic carbocycles. The molecular weight excluding hydrogens is 328 g/mol. The smallest absolute Gasteiger partial charge is 0.168 e. The standard InChI is InChI=1S/C15H14BrF2NO/c1-20-14-4-2-3-9(15(14)18)7-13(19)11-6-5-10(16)8-12(11)17/h2-6,8,13H,7,19H2,1H3. The van der Waals surface area contributed by atoms with E-state index in [1.165, 1.54) is 19.2 Å². The van der Waals surface area contributed by atoms with Crippen molar-refractivity contribution in [2.75, 3.05) is 7.11 Å². The van der Waals surface area contributed by atoms with Crippen LogP contribution in [-0.4, -0.2) is 7.11 Å². The molecule has 2 nitrogen and oxygen atoms in total. The van der Waals surface area contributed by atoms with E-state index in [0.717, 1.165) is 0 Å². The number of benzene rings is 2. The van der Waals surface area contributed by atoms with Gasteiger partial charge in [-0.15, -0.1) is 0 Å². The van der Waals surface area contributed by atoms with Crippen LogP contribution in [-0.2, 0) is 6.42 Å². The average molecular weight is 342 g/mol. The molecule has 2 N–H and O–H groups in total. The average Bonchev–Trinajstić information content (AvgIpc) is 2.41. The maximum absolute atomic E-state index is 14.0. The Morgan fingerprint density at radius 2 is 2.00 bits per heavy atom. The molecule has 0 saturated heterocycles. The van der Waals surface area contributed by atoms with Crippen molar-refractivity contribution >= 4 is 15.9 Å². The summed E-state index contributed by atoms with van der Waals surface area (Å²) in [6.45, 7) is 0. The van der Waals surface area contributed by atoms with E-state index in [1.807, 2.05) is 0 Å². The van der Waals surface area contributed by atoms with E-state index in [0.29, 0.717) is 15.6 Å². The van der Waals surface area contributed by atoms with Crippen LogP contribution in [0.4, 0.5) is 8.78 Å². The van der Waals surface area contributed by atoms with Gasteiger partial charge < -0.3 is 10.5 Å². The number of halogens is 3. The van der Waals surface area contributed by atoms with Gasteiger partial charge in [0.25, 0.3) is 0 Å². The highest BCUT2D eigenvalue weighted by molar-refractivity contribution is 9.10. The Balaban J connectivity index is 2.25. The van der Waals surface area contributed by atoms with Gasteiger partial charge in [0.15, 0.2) is 11.6 Å². The number of hydrogen-bond acceptors (Lipinski definition) is 2. The fourth-order valence-electron chi connectivity index (χ4n) is 2.02. The zero-order valence-corrected chi connectivity index (χ0v) is 12.5. The SMILES string of the molecule is COc1cccc(CC(N)c2ccc(Br)cc2F)c1F. The molecular formula is C15H14BrF2NO. The molecule has 20 heavy (non-hydrogen) atoms. The van der Waals surface area contributed by atoms with Gasteiger partial charge in [-0.25, -0.2) is 8.78 Å². The van der Waals surface area contributed by atoms with Crippen LogP contribution in [0.25, 0.3) is 0 Å². The van der Waals surface area contributed by atoms with Crippen LogP contribution in [0.3, 0.4) is 0 Å².